The zero-order chi connectivity index (χ0) is 36.5. The van der Waals surface area contributed by atoms with Gasteiger partial charge in [0.25, 0.3) is 15.9 Å². The molecule has 0 aromatic heterocycles. The van der Waals surface area contributed by atoms with Crippen molar-refractivity contribution in [1.82, 2.24) is 5.32 Å². The average molecular weight is 753 g/mol. The van der Waals surface area contributed by atoms with E-state index in [1.54, 1.807) is 60.7 Å². The van der Waals surface area contributed by atoms with Gasteiger partial charge in [-0.3, -0.25) is 9.52 Å². The fourth-order valence-electron chi connectivity index (χ4n) is 7.98. The molecule has 8 atom stereocenters. The summed E-state index contributed by atoms with van der Waals surface area (Å²) in [5.74, 6) is 0.607. The third-order valence-electron chi connectivity index (χ3n) is 10.8. The van der Waals surface area contributed by atoms with Crippen LogP contribution in [0.3, 0.4) is 0 Å². The van der Waals surface area contributed by atoms with Crippen molar-refractivity contribution in [3.05, 3.63) is 99.9 Å². The van der Waals surface area contributed by atoms with Crippen molar-refractivity contribution in [1.29, 1.82) is 0 Å². The van der Waals surface area contributed by atoms with Crippen LogP contribution in [0.4, 0.5) is 5.69 Å². The SMILES string of the molecule is C[C@H]1[C@H](OCCNC(=O)c2ccc(COc3ccc(/C=C/S(=O)(=O)Nc4ccc(Cl)cc4)cc3)cc2)O[C@@H]2O[C@@]3(C)CC[C@H]4[C@H](C)CC[C@@H]1[C@@]24OO3. The molecule has 5 fully saturated rings. The molecule has 0 unspecified atom stereocenters. The summed E-state index contributed by atoms with van der Waals surface area (Å²) < 4.78 is 52.3. The zero-order valence-corrected chi connectivity index (χ0v) is 31.0. The number of halogens is 1. The van der Waals surface area contributed by atoms with E-state index >= 15 is 0 Å². The van der Waals surface area contributed by atoms with Gasteiger partial charge in [0.15, 0.2) is 18.2 Å². The molecule has 8 rings (SSSR count). The topological polar surface area (TPSA) is 131 Å². The van der Waals surface area contributed by atoms with Gasteiger partial charge in [-0.2, -0.15) is 0 Å². The summed E-state index contributed by atoms with van der Waals surface area (Å²) >= 11 is 5.86. The van der Waals surface area contributed by atoms with E-state index in [9.17, 15) is 13.2 Å². The Hall–Kier alpha value is -3.49. The van der Waals surface area contributed by atoms with Gasteiger partial charge in [-0.15, -0.1) is 0 Å². The van der Waals surface area contributed by atoms with E-state index in [2.05, 4.69) is 23.9 Å². The van der Waals surface area contributed by atoms with Gasteiger partial charge < -0.3 is 24.3 Å². The summed E-state index contributed by atoms with van der Waals surface area (Å²) in [6.07, 6.45) is 4.29. The molecule has 1 saturated carbocycles. The van der Waals surface area contributed by atoms with Crippen LogP contribution in [-0.4, -0.2) is 51.4 Å². The molecule has 3 aromatic rings. The maximum atomic E-state index is 12.9. The minimum Gasteiger partial charge on any atom is -0.489 e. The minimum absolute atomic E-state index is 0.0637. The smallest absolute Gasteiger partial charge is 0.255 e. The summed E-state index contributed by atoms with van der Waals surface area (Å²) in [6.45, 7) is 7.25. The maximum Gasteiger partial charge on any atom is 0.255 e. The zero-order valence-electron chi connectivity index (χ0n) is 29.5. The average Bonchev–Trinajstić information content (AvgIpc) is 3.37. The largest absolute Gasteiger partial charge is 0.489 e. The van der Waals surface area contributed by atoms with Gasteiger partial charge >= 0.3 is 0 Å². The number of hydrogen-bond donors (Lipinski definition) is 2. The fourth-order valence-corrected chi connectivity index (χ4v) is 8.98. The number of nitrogens with one attached hydrogen (secondary N) is 2. The van der Waals surface area contributed by atoms with Gasteiger partial charge in [-0.25, -0.2) is 18.2 Å². The highest BCUT2D eigenvalue weighted by molar-refractivity contribution is 7.95. The molecule has 1 amide bonds. The predicted octanol–water partition coefficient (Wildman–Crippen LogP) is 7.29. The van der Waals surface area contributed by atoms with Crippen LogP contribution in [0.5, 0.6) is 5.75 Å². The van der Waals surface area contributed by atoms with Crippen molar-refractivity contribution in [2.75, 3.05) is 17.9 Å². The highest BCUT2D eigenvalue weighted by Crippen LogP contribution is 2.60. The Labute approximate surface area is 309 Å². The molecule has 2 N–H and O–H groups in total. The molecule has 4 saturated heterocycles. The molecular weight excluding hydrogens is 708 g/mol. The Morgan fingerprint density at radius 1 is 0.962 bits per heavy atom. The van der Waals surface area contributed by atoms with E-state index in [1.807, 2.05) is 19.1 Å². The number of benzene rings is 3. The summed E-state index contributed by atoms with van der Waals surface area (Å²) in [5.41, 5.74) is 1.90. The number of fused-ring (bicyclic) bond motifs is 2. The molecule has 52 heavy (non-hydrogen) atoms. The lowest BCUT2D eigenvalue weighted by molar-refractivity contribution is -0.577. The van der Waals surface area contributed by atoms with Gasteiger partial charge in [0, 0.05) is 41.1 Å². The molecule has 1 aliphatic carbocycles. The standard InChI is InChI=1S/C39H45ClN2O9S/c1-25-4-17-34-26(2)36(48-37-39(34)33(25)18-20-38(3,49-37)50-51-39)46-22-21-41-35(43)29-9-5-28(6-10-29)24-47-32-15-7-27(8-16-32)19-23-52(44,45)42-31-13-11-30(40)12-14-31/h5-16,19,23,25-26,33-34,36-37,42H,4,17-18,20-22,24H2,1-3H3,(H,41,43)/b23-19+/t25-,26-,33+,34+,36-,37-,38-,39-/m1/s1. The third-order valence-corrected chi connectivity index (χ3v) is 12.1. The first-order valence-corrected chi connectivity index (χ1v) is 19.7. The van der Waals surface area contributed by atoms with Crippen LogP contribution in [0, 0.1) is 23.7 Å². The third kappa shape index (κ3) is 7.89. The quantitative estimate of drug-likeness (QED) is 0.145. The van der Waals surface area contributed by atoms with Crippen molar-refractivity contribution in [2.45, 2.75) is 77.0 Å². The van der Waals surface area contributed by atoms with E-state index in [1.165, 1.54) is 6.08 Å². The van der Waals surface area contributed by atoms with Gasteiger partial charge in [-0.1, -0.05) is 49.7 Å². The Morgan fingerprint density at radius 2 is 1.71 bits per heavy atom. The van der Waals surface area contributed by atoms with Crippen molar-refractivity contribution in [3.63, 3.8) is 0 Å². The molecule has 278 valence electrons. The molecule has 5 aliphatic rings. The van der Waals surface area contributed by atoms with Crippen molar-refractivity contribution < 1.29 is 41.9 Å². The highest BCUT2D eigenvalue weighted by atomic mass is 35.5. The summed E-state index contributed by atoms with van der Waals surface area (Å²) in [6, 6.07) is 20.7. The molecule has 1 spiro atoms. The second kappa shape index (κ2) is 15.1. The maximum absolute atomic E-state index is 12.9. The van der Waals surface area contributed by atoms with Crippen molar-refractivity contribution in [2.24, 2.45) is 23.7 Å². The molecular formula is C39H45ClN2O9S. The molecule has 13 heteroatoms. The molecule has 0 radical (unpaired) electrons. The van der Waals surface area contributed by atoms with Gasteiger partial charge in [0.1, 0.15) is 12.4 Å². The predicted molar refractivity (Wildman–Crippen MR) is 195 cm³/mol. The second-order valence-corrected chi connectivity index (χ2v) is 16.4. The van der Waals surface area contributed by atoms with E-state index < -0.39 is 34.0 Å². The van der Waals surface area contributed by atoms with Crippen LogP contribution in [0.2, 0.25) is 5.02 Å². The highest BCUT2D eigenvalue weighted by Gasteiger charge is 2.69. The van der Waals surface area contributed by atoms with E-state index in [4.69, 9.17) is 40.3 Å². The summed E-state index contributed by atoms with van der Waals surface area (Å²) in [7, 11) is -3.69. The molecule has 4 heterocycles. The van der Waals surface area contributed by atoms with Crippen LogP contribution in [0.15, 0.2) is 78.2 Å². The second-order valence-electron chi connectivity index (χ2n) is 14.4. The molecule has 11 nitrogen and oxygen atoms in total. The minimum atomic E-state index is -3.69. The number of carbonyl (C=O) groups is 1. The van der Waals surface area contributed by atoms with Crippen molar-refractivity contribution in [3.8, 4) is 5.75 Å². The first-order valence-electron chi connectivity index (χ1n) is 17.8. The van der Waals surface area contributed by atoms with E-state index in [-0.39, 0.29) is 24.3 Å². The Kier molecular flexibility index (Phi) is 10.7. The number of amides is 1. The Morgan fingerprint density at radius 3 is 2.46 bits per heavy atom. The normalized spacial score (nSPS) is 31.1. The number of ether oxygens (including phenoxy) is 4. The molecule has 4 aliphatic heterocycles. The first-order chi connectivity index (χ1) is 24.9. The van der Waals surface area contributed by atoms with Gasteiger partial charge in [0.05, 0.1) is 12.0 Å². The lowest BCUT2D eigenvalue weighted by Crippen LogP contribution is -2.70. The summed E-state index contributed by atoms with van der Waals surface area (Å²) in [5, 5.41) is 4.56. The van der Waals surface area contributed by atoms with Crippen LogP contribution < -0.4 is 14.8 Å². The molecule has 2 bridgehead atoms. The fraction of sp³-hybridized carbons (Fsp3) is 0.462. The van der Waals surface area contributed by atoms with Crippen LogP contribution in [0.25, 0.3) is 6.08 Å². The number of rotatable bonds is 12. The monoisotopic (exact) mass is 752 g/mol. The van der Waals surface area contributed by atoms with E-state index in [0.29, 0.717) is 52.6 Å². The molecule has 3 aromatic carbocycles. The number of anilines is 1. The lowest BCUT2D eigenvalue weighted by atomic mass is 9.58. The van der Waals surface area contributed by atoms with Gasteiger partial charge in [0.2, 0.25) is 5.79 Å². The Balaban J connectivity index is 0.852. The van der Waals surface area contributed by atoms with Crippen LogP contribution >= 0.6 is 11.6 Å². The lowest BCUT2D eigenvalue weighted by Gasteiger charge is -2.60. The van der Waals surface area contributed by atoms with Crippen LogP contribution in [-0.2, 0) is 40.6 Å². The van der Waals surface area contributed by atoms with Crippen LogP contribution in [0.1, 0.15) is 67.9 Å². The Bertz CT molecular complexity index is 1860. The van der Waals surface area contributed by atoms with E-state index in [0.717, 1.165) is 36.7 Å². The number of carbonyl (C=O) groups excluding carboxylic acids is 1. The van der Waals surface area contributed by atoms with Crippen molar-refractivity contribution >= 4 is 39.3 Å². The van der Waals surface area contributed by atoms with Gasteiger partial charge in [-0.05, 0) is 104 Å². The first kappa shape index (κ1) is 36.9. The summed E-state index contributed by atoms with van der Waals surface area (Å²) in [4.78, 5) is 25.0. The number of sulfonamides is 1. The number of hydrogen-bond acceptors (Lipinski definition) is 9.